The second-order valence-electron chi connectivity index (χ2n) is 6.11. The lowest BCUT2D eigenvalue weighted by molar-refractivity contribution is -0.112. The summed E-state index contributed by atoms with van der Waals surface area (Å²) in [7, 11) is 1.42. The van der Waals surface area contributed by atoms with Crippen LogP contribution in [-0.4, -0.2) is 23.1 Å². The summed E-state index contributed by atoms with van der Waals surface area (Å²) >= 11 is 13.3. The highest BCUT2D eigenvalue weighted by Gasteiger charge is 2.13. The van der Waals surface area contributed by atoms with Crippen LogP contribution in [0, 0.1) is 11.3 Å². The molecule has 0 bridgehead atoms. The zero-order valence-corrected chi connectivity index (χ0v) is 18.0. The van der Waals surface area contributed by atoms with Crippen LogP contribution in [-0.2, 0) is 11.2 Å². The second-order valence-corrected chi connectivity index (χ2v) is 8.04. The second kappa shape index (κ2) is 9.63. The van der Waals surface area contributed by atoms with Crippen molar-refractivity contribution >= 4 is 51.7 Å². The molecule has 152 valence electrons. The monoisotopic (exact) mass is 459 g/mol. The molecule has 0 unspecified atom stereocenters. The van der Waals surface area contributed by atoms with Crippen molar-refractivity contribution in [3.8, 4) is 17.6 Å². The molecule has 6 nitrogen and oxygen atoms in total. The van der Waals surface area contributed by atoms with E-state index in [0.29, 0.717) is 27.2 Å². The first-order chi connectivity index (χ1) is 14.4. The Balaban J connectivity index is 1.71. The minimum absolute atomic E-state index is 0.0325. The number of ether oxygens (including phenoxy) is 1. The van der Waals surface area contributed by atoms with Crippen molar-refractivity contribution in [2.24, 2.45) is 0 Å². The molecular formula is C21H15Cl2N3O3S. The number of hydrogen-bond acceptors (Lipinski definition) is 6. The Kier molecular flexibility index (Phi) is 6.95. The topological polar surface area (TPSA) is 95.2 Å². The van der Waals surface area contributed by atoms with Gasteiger partial charge in [0, 0.05) is 17.5 Å². The summed E-state index contributed by atoms with van der Waals surface area (Å²) in [5.41, 5.74) is 1.39. The molecule has 0 aliphatic heterocycles. The number of carbonyl (C=O) groups is 1. The maximum absolute atomic E-state index is 12.5. The molecule has 2 N–H and O–H groups in total. The zero-order valence-electron chi connectivity index (χ0n) is 15.6. The first-order valence-electron chi connectivity index (χ1n) is 8.58. The number of thiazole rings is 1. The van der Waals surface area contributed by atoms with E-state index in [-0.39, 0.29) is 17.1 Å². The smallest absolute Gasteiger partial charge is 0.268 e. The number of phenols is 1. The summed E-state index contributed by atoms with van der Waals surface area (Å²) in [6.45, 7) is 0. The summed E-state index contributed by atoms with van der Waals surface area (Å²) in [4.78, 5) is 17.6. The summed E-state index contributed by atoms with van der Waals surface area (Å²) in [5.74, 6) is -0.372. The number of nitrogens with zero attached hydrogens (tertiary/aromatic N) is 2. The van der Waals surface area contributed by atoms with E-state index < -0.39 is 5.91 Å². The van der Waals surface area contributed by atoms with Gasteiger partial charge >= 0.3 is 0 Å². The van der Waals surface area contributed by atoms with E-state index in [0.717, 1.165) is 10.4 Å². The molecule has 1 heterocycles. The predicted octanol–water partition coefficient (Wildman–Crippen LogP) is 5.30. The van der Waals surface area contributed by atoms with Crippen LogP contribution in [0.4, 0.5) is 5.13 Å². The Morgan fingerprint density at radius 3 is 2.80 bits per heavy atom. The summed E-state index contributed by atoms with van der Waals surface area (Å²) in [5, 5.41) is 23.0. The number of nitriles is 1. The zero-order chi connectivity index (χ0) is 21.7. The fraction of sp³-hybridized carbons (Fsp3) is 0.0952. The Morgan fingerprint density at radius 1 is 1.30 bits per heavy atom. The molecule has 1 amide bonds. The lowest BCUT2D eigenvalue weighted by Gasteiger charge is -2.04. The van der Waals surface area contributed by atoms with Crippen LogP contribution in [0.25, 0.3) is 6.08 Å². The fourth-order valence-corrected chi connectivity index (χ4v) is 3.72. The van der Waals surface area contributed by atoms with Gasteiger partial charge in [-0.25, -0.2) is 4.98 Å². The van der Waals surface area contributed by atoms with E-state index in [1.54, 1.807) is 24.4 Å². The van der Waals surface area contributed by atoms with Crippen LogP contribution in [0.2, 0.25) is 10.0 Å². The summed E-state index contributed by atoms with van der Waals surface area (Å²) < 4.78 is 5.04. The van der Waals surface area contributed by atoms with E-state index in [1.165, 1.54) is 36.7 Å². The number of amides is 1. The van der Waals surface area contributed by atoms with Crippen LogP contribution in [0.3, 0.4) is 0 Å². The van der Waals surface area contributed by atoms with Gasteiger partial charge in [0.1, 0.15) is 11.6 Å². The fourth-order valence-electron chi connectivity index (χ4n) is 2.56. The molecule has 0 aliphatic carbocycles. The molecule has 0 spiro atoms. The molecule has 0 aliphatic rings. The average Bonchev–Trinajstić information content (AvgIpc) is 3.16. The van der Waals surface area contributed by atoms with Crippen LogP contribution in [0.5, 0.6) is 11.5 Å². The number of carbonyl (C=O) groups excluding carboxylic acids is 1. The summed E-state index contributed by atoms with van der Waals surface area (Å²) in [6.07, 6.45) is 3.64. The quantitative estimate of drug-likeness (QED) is 0.385. The van der Waals surface area contributed by atoms with Crippen molar-refractivity contribution in [3.05, 3.63) is 74.2 Å². The third-order valence-electron chi connectivity index (χ3n) is 4.02. The van der Waals surface area contributed by atoms with Gasteiger partial charge in [-0.1, -0.05) is 35.3 Å². The van der Waals surface area contributed by atoms with Crippen LogP contribution < -0.4 is 10.1 Å². The number of hydrogen-bond donors (Lipinski definition) is 2. The predicted molar refractivity (Wildman–Crippen MR) is 118 cm³/mol. The van der Waals surface area contributed by atoms with E-state index in [1.807, 2.05) is 12.1 Å². The minimum atomic E-state index is -0.583. The van der Waals surface area contributed by atoms with Gasteiger partial charge in [0.15, 0.2) is 16.6 Å². The Labute approximate surface area is 187 Å². The maximum Gasteiger partial charge on any atom is 0.268 e. The molecule has 1 aromatic heterocycles. The molecular weight excluding hydrogens is 445 g/mol. The van der Waals surface area contributed by atoms with Gasteiger partial charge in [-0.15, -0.1) is 11.3 Å². The number of anilines is 1. The van der Waals surface area contributed by atoms with Crippen LogP contribution in [0.15, 0.2) is 48.2 Å². The highest BCUT2D eigenvalue weighted by Crippen LogP contribution is 2.28. The van der Waals surface area contributed by atoms with Gasteiger partial charge in [0.25, 0.3) is 5.91 Å². The number of benzene rings is 2. The highest BCUT2D eigenvalue weighted by molar-refractivity contribution is 7.15. The van der Waals surface area contributed by atoms with Crippen molar-refractivity contribution in [1.29, 1.82) is 5.26 Å². The number of phenolic OH excluding ortho intramolecular Hbond substituents is 1. The molecule has 0 fully saturated rings. The standard InChI is InChI=1S/C21H15Cl2N3O3S/c1-29-19-9-12(3-5-18(19)27)6-14(10-24)20(28)26-21-25-11-15(30-21)7-13-2-4-16(22)17(23)8-13/h2-6,8-9,11,27H,7H2,1H3,(H,25,26,28)/b14-6+. The first kappa shape index (κ1) is 21.7. The Bertz CT molecular complexity index is 1170. The van der Waals surface area contributed by atoms with Gasteiger partial charge in [-0.3, -0.25) is 10.1 Å². The molecule has 3 aromatic rings. The Hall–Kier alpha value is -3.05. The van der Waals surface area contributed by atoms with E-state index in [9.17, 15) is 15.2 Å². The molecule has 0 atom stereocenters. The lowest BCUT2D eigenvalue weighted by Crippen LogP contribution is -2.13. The molecule has 0 saturated carbocycles. The number of rotatable bonds is 6. The van der Waals surface area contributed by atoms with Crippen LogP contribution >= 0.6 is 34.5 Å². The van der Waals surface area contributed by atoms with Crippen molar-refractivity contribution < 1.29 is 14.6 Å². The van der Waals surface area contributed by atoms with Crippen molar-refractivity contribution in [3.63, 3.8) is 0 Å². The van der Waals surface area contributed by atoms with Crippen LogP contribution in [0.1, 0.15) is 16.0 Å². The summed E-state index contributed by atoms with van der Waals surface area (Å²) in [6, 6.07) is 11.8. The molecule has 2 aromatic carbocycles. The molecule has 30 heavy (non-hydrogen) atoms. The van der Waals surface area contributed by atoms with Gasteiger partial charge in [0.05, 0.1) is 17.2 Å². The average molecular weight is 460 g/mol. The lowest BCUT2D eigenvalue weighted by atomic mass is 10.1. The van der Waals surface area contributed by atoms with Gasteiger partial charge in [-0.05, 0) is 41.5 Å². The largest absolute Gasteiger partial charge is 0.504 e. The van der Waals surface area contributed by atoms with Gasteiger partial charge in [0.2, 0.25) is 0 Å². The van der Waals surface area contributed by atoms with Gasteiger partial charge in [-0.2, -0.15) is 5.26 Å². The number of methoxy groups -OCH3 is 1. The molecule has 0 saturated heterocycles. The van der Waals surface area contributed by atoms with E-state index >= 15 is 0 Å². The SMILES string of the molecule is COc1cc(/C=C(\C#N)C(=O)Nc2ncc(Cc3ccc(Cl)c(Cl)c3)s2)ccc1O. The van der Waals surface area contributed by atoms with E-state index in [4.69, 9.17) is 27.9 Å². The van der Waals surface area contributed by atoms with Crippen molar-refractivity contribution in [2.45, 2.75) is 6.42 Å². The highest BCUT2D eigenvalue weighted by atomic mass is 35.5. The van der Waals surface area contributed by atoms with Crippen molar-refractivity contribution in [1.82, 2.24) is 4.98 Å². The minimum Gasteiger partial charge on any atom is -0.504 e. The van der Waals surface area contributed by atoms with Crippen molar-refractivity contribution in [2.75, 3.05) is 12.4 Å². The van der Waals surface area contributed by atoms with Gasteiger partial charge < -0.3 is 9.84 Å². The third-order valence-corrected chi connectivity index (χ3v) is 5.67. The molecule has 9 heteroatoms. The molecule has 0 radical (unpaired) electrons. The third kappa shape index (κ3) is 5.30. The normalized spacial score (nSPS) is 11.1. The number of halogens is 2. The molecule has 3 rings (SSSR count). The Morgan fingerprint density at radius 2 is 2.10 bits per heavy atom. The number of aromatic nitrogens is 1. The first-order valence-corrected chi connectivity index (χ1v) is 10.2. The number of nitrogens with one attached hydrogen (secondary N) is 1. The van der Waals surface area contributed by atoms with E-state index in [2.05, 4.69) is 10.3 Å². The number of aromatic hydroxyl groups is 1. The maximum atomic E-state index is 12.5.